The number of hydrogen-bond acceptors (Lipinski definition) is 2. The Morgan fingerprint density at radius 2 is 1.55 bits per heavy atom. The van der Waals surface area contributed by atoms with Crippen molar-refractivity contribution in [1.82, 2.24) is 0 Å². The molecule has 1 heterocycles. The first-order valence-corrected chi connectivity index (χ1v) is 7.68. The van der Waals surface area contributed by atoms with E-state index in [1.165, 1.54) is 11.1 Å². The van der Waals surface area contributed by atoms with Crippen LogP contribution in [0.3, 0.4) is 0 Å². The first-order valence-electron chi connectivity index (χ1n) is 7.68. The van der Waals surface area contributed by atoms with Gasteiger partial charge in [-0.05, 0) is 35.9 Å². The number of benzene rings is 2. The van der Waals surface area contributed by atoms with Crippen LogP contribution in [0.5, 0.6) is 0 Å². The molecule has 1 aliphatic rings. The Hall–Kier alpha value is -2.29. The molecular weight excluding hydrogens is 274 g/mol. The van der Waals surface area contributed by atoms with Crippen LogP contribution in [0.25, 0.3) is 10.4 Å². The lowest BCUT2D eigenvalue weighted by Crippen LogP contribution is -2.31. The molecule has 2 aromatic carbocycles. The molecule has 4 nitrogen and oxygen atoms in total. The van der Waals surface area contributed by atoms with E-state index in [4.69, 9.17) is 10.3 Å². The molecule has 0 aliphatic carbocycles. The SMILES string of the molecule is [N-]=[N+]=NC1CCCC(C(c2ccccc2)c2ccccc2)O1. The zero-order valence-electron chi connectivity index (χ0n) is 12.4. The molecule has 0 saturated carbocycles. The molecule has 1 saturated heterocycles. The van der Waals surface area contributed by atoms with Gasteiger partial charge in [0.15, 0.2) is 0 Å². The summed E-state index contributed by atoms with van der Waals surface area (Å²) in [5.41, 5.74) is 11.1. The maximum atomic E-state index is 8.66. The third-order valence-electron chi connectivity index (χ3n) is 4.14. The monoisotopic (exact) mass is 293 g/mol. The molecule has 0 aromatic heterocycles. The molecule has 22 heavy (non-hydrogen) atoms. The summed E-state index contributed by atoms with van der Waals surface area (Å²) in [6, 6.07) is 20.8. The molecule has 0 radical (unpaired) electrons. The molecule has 1 fully saturated rings. The van der Waals surface area contributed by atoms with Crippen LogP contribution in [-0.4, -0.2) is 12.3 Å². The van der Waals surface area contributed by atoms with Crippen LogP contribution in [0.2, 0.25) is 0 Å². The molecule has 112 valence electrons. The summed E-state index contributed by atoms with van der Waals surface area (Å²) in [5.74, 6) is 0.166. The van der Waals surface area contributed by atoms with Gasteiger partial charge in [0, 0.05) is 10.8 Å². The van der Waals surface area contributed by atoms with Gasteiger partial charge in [0.1, 0.15) is 6.23 Å². The van der Waals surface area contributed by atoms with E-state index in [1.807, 2.05) is 12.1 Å². The van der Waals surface area contributed by atoms with Crippen LogP contribution in [0.1, 0.15) is 36.3 Å². The molecule has 3 rings (SSSR count). The predicted molar refractivity (Wildman–Crippen MR) is 86.4 cm³/mol. The van der Waals surface area contributed by atoms with Crippen LogP contribution in [0.4, 0.5) is 0 Å². The number of hydrogen-bond donors (Lipinski definition) is 0. The van der Waals surface area contributed by atoms with Crippen molar-refractivity contribution in [3.8, 4) is 0 Å². The van der Waals surface area contributed by atoms with Crippen molar-refractivity contribution < 1.29 is 4.74 Å². The van der Waals surface area contributed by atoms with Crippen molar-refractivity contribution in [3.63, 3.8) is 0 Å². The highest BCUT2D eigenvalue weighted by atomic mass is 16.5. The maximum absolute atomic E-state index is 8.66. The molecule has 2 unspecified atom stereocenters. The minimum Gasteiger partial charge on any atom is -0.368 e. The predicted octanol–water partition coefficient (Wildman–Crippen LogP) is 5.02. The topological polar surface area (TPSA) is 58.0 Å². The Labute approximate surface area is 130 Å². The number of azide groups is 1. The van der Waals surface area contributed by atoms with Crippen LogP contribution < -0.4 is 0 Å². The van der Waals surface area contributed by atoms with Crippen molar-refractivity contribution >= 4 is 0 Å². The van der Waals surface area contributed by atoms with Crippen LogP contribution in [0.15, 0.2) is 65.8 Å². The highest BCUT2D eigenvalue weighted by Crippen LogP contribution is 2.36. The number of nitrogens with zero attached hydrogens (tertiary/aromatic N) is 3. The van der Waals surface area contributed by atoms with Gasteiger partial charge in [0.25, 0.3) is 0 Å². The lowest BCUT2D eigenvalue weighted by atomic mass is 9.83. The second-order valence-corrected chi connectivity index (χ2v) is 5.56. The van der Waals surface area contributed by atoms with E-state index in [-0.39, 0.29) is 18.2 Å². The van der Waals surface area contributed by atoms with E-state index in [0.29, 0.717) is 0 Å². The smallest absolute Gasteiger partial charge is 0.136 e. The van der Waals surface area contributed by atoms with E-state index < -0.39 is 0 Å². The molecule has 0 N–H and O–H groups in total. The Balaban J connectivity index is 1.93. The largest absolute Gasteiger partial charge is 0.368 e. The van der Waals surface area contributed by atoms with Crippen molar-refractivity contribution in [2.45, 2.75) is 37.5 Å². The zero-order chi connectivity index (χ0) is 15.2. The van der Waals surface area contributed by atoms with E-state index in [2.05, 4.69) is 58.6 Å². The Morgan fingerprint density at radius 1 is 0.955 bits per heavy atom. The average Bonchev–Trinajstić information content (AvgIpc) is 2.58. The molecular formula is C18H19N3O. The Bertz CT molecular complexity index is 598. The second-order valence-electron chi connectivity index (χ2n) is 5.56. The van der Waals surface area contributed by atoms with Gasteiger partial charge in [-0.25, -0.2) is 0 Å². The van der Waals surface area contributed by atoms with Gasteiger partial charge in [-0.3, -0.25) is 0 Å². The van der Waals surface area contributed by atoms with Crippen molar-refractivity contribution in [3.05, 3.63) is 82.2 Å². The molecule has 0 bridgehead atoms. The van der Waals surface area contributed by atoms with Gasteiger partial charge in [0.05, 0.1) is 6.10 Å². The Morgan fingerprint density at radius 3 is 2.09 bits per heavy atom. The molecule has 0 spiro atoms. The Kier molecular flexibility index (Phi) is 4.74. The van der Waals surface area contributed by atoms with Gasteiger partial charge < -0.3 is 4.74 Å². The fourth-order valence-electron chi connectivity index (χ4n) is 3.16. The molecule has 4 heteroatoms. The quantitative estimate of drug-likeness (QED) is 0.443. The minimum atomic E-state index is -0.348. The van der Waals surface area contributed by atoms with Crippen molar-refractivity contribution in [1.29, 1.82) is 0 Å². The van der Waals surface area contributed by atoms with Gasteiger partial charge in [-0.2, -0.15) is 0 Å². The normalized spacial score (nSPS) is 21.3. The van der Waals surface area contributed by atoms with Crippen LogP contribution in [0, 0.1) is 0 Å². The standard InChI is InChI=1S/C18H19N3O/c19-21-20-17-13-7-12-16(22-17)18(14-8-3-1-4-9-14)15-10-5-2-6-11-15/h1-6,8-11,16-18H,7,12-13H2. The minimum absolute atomic E-state index is 0.0362. The summed E-state index contributed by atoms with van der Waals surface area (Å²) in [6.45, 7) is 0. The van der Waals surface area contributed by atoms with E-state index in [1.54, 1.807) is 0 Å². The average molecular weight is 293 g/mol. The van der Waals surface area contributed by atoms with Crippen LogP contribution >= 0.6 is 0 Å². The molecule has 2 aromatic rings. The molecule has 2 atom stereocenters. The number of ether oxygens (including phenoxy) is 1. The summed E-state index contributed by atoms with van der Waals surface area (Å²) in [7, 11) is 0. The first kappa shape index (κ1) is 14.6. The summed E-state index contributed by atoms with van der Waals surface area (Å²) in [5, 5.41) is 3.76. The number of rotatable bonds is 4. The van der Waals surface area contributed by atoms with E-state index >= 15 is 0 Å². The molecule has 0 amide bonds. The third-order valence-corrected chi connectivity index (χ3v) is 4.14. The van der Waals surface area contributed by atoms with Gasteiger partial charge in [0.2, 0.25) is 0 Å². The van der Waals surface area contributed by atoms with Crippen molar-refractivity contribution in [2.75, 3.05) is 0 Å². The first-order chi connectivity index (χ1) is 10.9. The second kappa shape index (κ2) is 7.12. The molecule has 1 aliphatic heterocycles. The third kappa shape index (κ3) is 3.30. The summed E-state index contributed by atoms with van der Waals surface area (Å²) < 4.78 is 6.08. The van der Waals surface area contributed by atoms with E-state index in [0.717, 1.165) is 19.3 Å². The highest BCUT2D eigenvalue weighted by molar-refractivity contribution is 5.34. The summed E-state index contributed by atoms with van der Waals surface area (Å²) in [4.78, 5) is 2.90. The van der Waals surface area contributed by atoms with E-state index in [9.17, 15) is 0 Å². The lowest BCUT2D eigenvalue weighted by molar-refractivity contribution is -0.0528. The fourth-order valence-corrected chi connectivity index (χ4v) is 3.16. The summed E-state index contributed by atoms with van der Waals surface area (Å²) >= 11 is 0. The lowest BCUT2D eigenvalue weighted by Gasteiger charge is -2.34. The zero-order valence-corrected chi connectivity index (χ0v) is 12.4. The van der Waals surface area contributed by atoms with Gasteiger partial charge in [-0.15, -0.1) is 0 Å². The summed E-state index contributed by atoms with van der Waals surface area (Å²) in [6.07, 6.45) is 2.49. The van der Waals surface area contributed by atoms with Gasteiger partial charge in [-0.1, -0.05) is 65.8 Å². The fraction of sp³-hybridized carbons (Fsp3) is 0.333. The van der Waals surface area contributed by atoms with Crippen molar-refractivity contribution in [2.24, 2.45) is 5.11 Å². The van der Waals surface area contributed by atoms with Crippen LogP contribution in [-0.2, 0) is 4.74 Å². The maximum Gasteiger partial charge on any atom is 0.136 e. The highest BCUT2D eigenvalue weighted by Gasteiger charge is 2.30. The van der Waals surface area contributed by atoms with Gasteiger partial charge >= 0.3 is 0 Å².